The van der Waals surface area contributed by atoms with Gasteiger partial charge in [-0.25, -0.2) is 0 Å². The molecule has 0 heterocycles. The standard InChI is InChI=1S/C16H25NO2/c1-11-9-13(3)15(10-12(11)2)14(4)17-8-6-7-16(18)19-5/h9-10,14,17H,6-8H2,1-5H3. The predicted molar refractivity (Wildman–Crippen MR) is 78.3 cm³/mol. The highest BCUT2D eigenvalue weighted by Gasteiger charge is 2.09. The molecule has 1 rings (SSSR count). The van der Waals surface area contributed by atoms with Crippen molar-refractivity contribution in [1.82, 2.24) is 5.32 Å². The highest BCUT2D eigenvalue weighted by Crippen LogP contribution is 2.21. The van der Waals surface area contributed by atoms with Crippen molar-refractivity contribution in [2.45, 2.75) is 46.6 Å². The molecule has 0 aliphatic rings. The van der Waals surface area contributed by atoms with Gasteiger partial charge in [0.15, 0.2) is 0 Å². The van der Waals surface area contributed by atoms with Crippen molar-refractivity contribution < 1.29 is 9.53 Å². The highest BCUT2D eigenvalue weighted by molar-refractivity contribution is 5.69. The molecule has 3 nitrogen and oxygen atoms in total. The Balaban J connectivity index is 2.52. The van der Waals surface area contributed by atoms with E-state index in [0.717, 1.165) is 13.0 Å². The number of hydrogen-bond donors (Lipinski definition) is 1. The number of ether oxygens (including phenoxy) is 1. The normalized spacial score (nSPS) is 12.3. The van der Waals surface area contributed by atoms with Crippen molar-refractivity contribution in [3.63, 3.8) is 0 Å². The molecule has 106 valence electrons. The van der Waals surface area contributed by atoms with E-state index in [1.807, 2.05) is 0 Å². The number of nitrogens with one attached hydrogen (secondary N) is 1. The minimum absolute atomic E-state index is 0.142. The summed E-state index contributed by atoms with van der Waals surface area (Å²) >= 11 is 0. The molecule has 0 aliphatic heterocycles. The molecule has 0 aromatic heterocycles. The molecular weight excluding hydrogens is 238 g/mol. The topological polar surface area (TPSA) is 38.3 Å². The summed E-state index contributed by atoms with van der Waals surface area (Å²) in [4.78, 5) is 11.0. The number of aryl methyl sites for hydroxylation is 3. The van der Waals surface area contributed by atoms with Crippen LogP contribution < -0.4 is 5.32 Å². The van der Waals surface area contributed by atoms with Gasteiger partial charge >= 0.3 is 5.97 Å². The van der Waals surface area contributed by atoms with Crippen molar-refractivity contribution in [2.24, 2.45) is 0 Å². The van der Waals surface area contributed by atoms with Gasteiger partial charge in [-0.3, -0.25) is 4.79 Å². The summed E-state index contributed by atoms with van der Waals surface area (Å²) in [6.07, 6.45) is 1.28. The van der Waals surface area contributed by atoms with Crippen LogP contribution in [0.3, 0.4) is 0 Å². The van der Waals surface area contributed by atoms with Gasteiger partial charge in [-0.1, -0.05) is 12.1 Å². The van der Waals surface area contributed by atoms with E-state index in [0.29, 0.717) is 12.5 Å². The fourth-order valence-corrected chi connectivity index (χ4v) is 2.21. The minimum atomic E-state index is -0.142. The van der Waals surface area contributed by atoms with E-state index >= 15 is 0 Å². The Hall–Kier alpha value is -1.35. The number of carbonyl (C=O) groups is 1. The predicted octanol–water partition coefficient (Wildman–Crippen LogP) is 3.22. The van der Waals surface area contributed by atoms with E-state index in [-0.39, 0.29) is 5.97 Å². The highest BCUT2D eigenvalue weighted by atomic mass is 16.5. The zero-order valence-electron chi connectivity index (χ0n) is 12.7. The maximum absolute atomic E-state index is 11.0. The summed E-state index contributed by atoms with van der Waals surface area (Å²) in [5.74, 6) is -0.142. The lowest BCUT2D eigenvalue weighted by atomic mass is 9.96. The lowest BCUT2D eigenvalue weighted by molar-refractivity contribution is -0.140. The van der Waals surface area contributed by atoms with Crippen LogP contribution in [0, 0.1) is 20.8 Å². The van der Waals surface area contributed by atoms with Crippen molar-refractivity contribution in [3.8, 4) is 0 Å². The molecular formula is C16H25NO2. The second-order valence-electron chi connectivity index (χ2n) is 5.15. The van der Waals surface area contributed by atoms with Gasteiger partial charge in [-0.15, -0.1) is 0 Å². The number of rotatable bonds is 6. The third kappa shape index (κ3) is 4.67. The summed E-state index contributed by atoms with van der Waals surface area (Å²) < 4.78 is 4.62. The lowest BCUT2D eigenvalue weighted by Gasteiger charge is -2.18. The SMILES string of the molecule is COC(=O)CCCNC(C)c1cc(C)c(C)cc1C. The monoisotopic (exact) mass is 263 g/mol. The Morgan fingerprint density at radius 1 is 1.21 bits per heavy atom. The van der Waals surface area contributed by atoms with Crippen LogP contribution in [-0.2, 0) is 9.53 Å². The maximum atomic E-state index is 11.0. The first-order valence-electron chi connectivity index (χ1n) is 6.83. The summed E-state index contributed by atoms with van der Waals surface area (Å²) in [5.41, 5.74) is 5.31. The first-order chi connectivity index (χ1) is 8.95. The molecule has 1 atom stereocenters. The molecule has 1 N–H and O–H groups in total. The van der Waals surface area contributed by atoms with Crippen molar-refractivity contribution in [3.05, 3.63) is 34.4 Å². The number of methoxy groups -OCH3 is 1. The summed E-state index contributed by atoms with van der Waals surface area (Å²) in [5, 5.41) is 3.46. The smallest absolute Gasteiger partial charge is 0.305 e. The molecule has 0 spiro atoms. The molecule has 0 saturated heterocycles. The number of hydrogen-bond acceptors (Lipinski definition) is 3. The van der Waals surface area contributed by atoms with Crippen LogP contribution in [0.4, 0.5) is 0 Å². The van der Waals surface area contributed by atoms with Gasteiger partial charge in [0.2, 0.25) is 0 Å². The molecule has 0 bridgehead atoms. The van der Waals surface area contributed by atoms with Crippen molar-refractivity contribution >= 4 is 5.97 Å². The Morgan fingerprint density at radius 3 is 2.47 bits per heavy atom. The van der Waals surface area contributed by atoms with Crippen LogP contribution in [0.2, 0.25) is 0 Å². The Morgan fingerprint density at radius 2 is 1.84 bits per heavy atom. The fraction of sp³-hybridized carbons (Fsp3) is 0.562. The third-order valence-corrected chi connectivity index (χ3v) is 3.58. The van der Waals surface area contributed by atoms with Crippen molar-refractivity contribution in [2.75, 3.05) is 13.7 Å². The van der Waals surface area contributed by atoms with Crippen LogP contribution >= 0.6 is 0 Å². The zero-order valence-corrected chi connectivity index (χ0v) is 12.7. The third-order valence-electron chi connectivity index (χ3n) is 3.58. The molecule has 3 heteroatoms. The second-order valence-corrected chi connectivity index (χ2v) is 5.15. The molecule has 0 radical (unpaired) electrons. The van der Waals surface area contributed by atoms with Crippen LogP contribution in [0.5, 0.6) is 0 Å². The largest absolute Gasteiger partial charge is 0.469 e. The maximum Gasteiger partial charge on any atom is 0.305 e. The Kier molecular flexibility index (Phi) is 6.03. The average molecular weight is 263 g/mol. The molecule has 1 unspecified atom stereocenters. The number of carbonyl (C=O) groups excluding carboxylic acids is 1. The quantitative estimate of drug-likeness (QED) is 0.632. The molecule has 0 aliphatic carbocycles. The van der Waals surface area contributed by atoms with Gasteiger partial charge in [0.25, 0.3) is 0 Å². The van der Waals surface area contributed by atoms with Gasteiger partial charge in [-0.2, -0.15) is 0 Å². The summed E-state index contributed by atoms with van der Waals surface area (Å²) in [6, 6.07) is 4.79. The Labute approximate surface area is 116 Å². The van der Waals surface area contributed by atoms with Crippen molar-refractivity contribution in [1.29, 1.82) is 0 Å². The van der Waals surface area contributed by atoms with Crippen LogP contribution in [0.25, 0.3) is 0 Å². The van der Waals surface area contributed by atoms with Crippen LogP contribution in [0.15, 0.2) is 12.1 Å². The van der Waals surface area contributed by atoms with Gasteiger partial charge in [0, 0.05) is 12.5 Å². The zero-order chi connectivity index (χ0) is 14.4. The summed E-state index contributed by atoms with van der Waals surface area (Å²) in [7, 11) is 1.43. The van der Waals surface area contributed by atoms with Crippen LogP contribution in [-0.4, -0.2) is 19.6 Å². The average Bonchev–Trinajstić information content (AvgIpc) is 2.38. The van der Waals surface area contributed by atoms with E-state index in [1.165, 1.54) is 29.4 Å². The lowest BCUT2D eigenvalue weighted by Crippen LogP contribution is -2.21. The van der Waals surface area contributed by atoms with Gasteiger partial charge in [0.1, 0.15) is 0 Å². The molecule has 1 aromatic rings. The van der Waals surface area contributed by atoms with Crippen LogP contribution in [0.1, 0.15) is 48.1 Å². The van der Waals surface area contributed by atoms with Gasteiger partial charge in [-0.05, 0) is 62.9 Å². The molecule has 1 aromatic carbocycles. The number of esters is 1. The fourth-order valence-electron chi connectivity index (χ4n) is 2.21. The first kappa shape index (κ1) is 15.7. The molecule has 0 amide bonds. The van der Waals surface area contributed by atoms with E-state index in [4.69, 9.17) is 0 Å². The summed E-state index contributed by atoms with van der Waals surface area (Å²) in [6.45, 7) is 9.41. The number of benzene rings is 1. The van der Waals surface area contributed by atoms with E-state index in [1.54, 1.807) is 0 Å². The van der Waals surface area contributed by atoms with E-state index in [2.05, 4.69) is 49.9 Å². The van der Waals surface area contributed by atoms with Gasteiger partial charge < -0.3 is 10.1 Å². The van der Waals surface area contributed by atoms with E-state index < -0.39 is 0 Å². The first-order valence-corrected chi connectivity index (χ1v) is 6.83. The van der Waals surface area contributed by atoms with Gasteiger partial charge in [0.05, 0.1) is 7.11 Å². The second kappa shape index (κ2) is 7.29. The Bertz CT molecular complexity index is 441. The minimum Gasteiger partial charge on any atom is -0.469 e. The van der Waals surface area contributed by atoms with E-state index in [9.17, 15) is 4.79 Å². The molecule has 0 saturated carbocycles. The molecule has 19 heavy (non-hydrogen) atoms. The molecule has 0 fully saturated rings.